The summed E-state index contributed by atoms with van der Waals surface area (Å²) in [5, 5.41) is 3.69. The minimum absolute atomic E-state index is 0.318. The fourth-order valence-electron chi connectivity index (χ4n) is 3.16. The van der Waals surface area contributed by atoms with Crippen molar-refractivity contribution in [1.82, 2.24) is 10.2 Å². The molecule has 2 aliphatic rings. The molecule has 1 aliphatic carbocycles. The van der Waals surface area contributed by atoms with Crippen LogP contribution >= 0.6 is 0 Å². The maximum absolute atomic E-state index is 5.67. The molecule has 1 heterocycles. The summed E-state index contributed by atoms with van der Waals surface area (Å²) in [6.45, 7) is 4.54. The molecule has 1 aromatic rings. The second-order valence-corrected chi connectivity index (χ2v) is 6.48. The van der Waals surface area contributed by atoms with Crippen LogP contribution in [-0.2, 0) is 0 Å². The van der Waals surface area contributed by atoms with Crippen LogP contribution < -0.4 is 14.8 Å². The van der Waals surface area contributed by atoms with Crippen LogP contribution in [0.3, 0.4) is 0 Å². The van der Waals surface area contributed by atoms with Crippen LogP contribution in [0.2, 0.25) is 0 Å². The largest absolute Gasteiger partial charge is 0.486 e. The van der Waals surface area contributed by atoms with Gasteiger partial charge >= 0.3 is 0 Å². The molecular formula is C17H26N2O2. The average Bonchev–Trinajstić information content (AvgIpc) is 2.45. The lowest BCUT2D eigenvalue weighted by molar-refractivity contribution is 0.0576. The van der Waals surface area contributed by atoms with Gasteiger partial charge in [-0.05, 0) is 58.0 Å². The predicted molar refractivity (Wildman–Crippen MR) is 84.1 cm³/mol. The van der Waals surface area contributed by atoms with E-state index in [1.54, 1.807) is 0 Å². The molecule has 0 aromatic heterocycles. The van der Waals surface area contributed by atoms with Gasteiger partial charge in [0.25, 0.3) is 0 Å². The fourth-order valence-corrected chi connectivity index (χ4v) is 3.16. The van der Waals surface area contributed by atoms with E-state index in [2.05, 4.69) is 43.4 Å². The van der Waals surface area contributed by atoms with Gasteiger partial charge in [-0.1, -0.05) is 6.07 Å². The van der Waals surface area contributed by atoms with Crippen molar-refractivity contribution in [3.63, 3.8) is 0 Å². The molecule has 3 rings (SSSR count). The van der Waals surface area contributed by atoms with Crippen molar-refractivity contribution < 1.29 is 9.47 Å². The van der Waals surface area contributed by atoms with E-state index in [1.807, 2.05) is 6.07 Å². The Bertz CT molecular complexity index is 498. The van der Waals surface area contributed by atoms with Crippen molar-refractivity contribution in [2.45, 2.75) is 37.8 Å². The highest BCUT2D eigenvalue weighted by atomic mass is 16.6. The van der Waals surface area contributed by atoms with Gasteiger partial charge in [-0.2, -0.15) is 0 Å². The molecule has 116 valence electrons. The Balaban J connectivity index is 1.64. The first-order valence-corrected chi connectivity index (χ1v) is 7.91. The number of rotatable bonds is 5. The Morgan fingerprint density at radius 2 is 1.90 bits per heavy atom. The third-order valence-electron chi connectivity index (χ3n) is 5.04. The van der Waals surface area contributed by atoms with Crippen molar-refractivity contribution >= 4 is 0 Å². The van der Waals surface area contributed by atoms with E-state index in [4.69, 9.17) is 9.47 Å². The molecule has 1 saturated carbocycles. The Morgan fingerprint density at radius 1 is 1.19 bits per heavy atom. The summed E-state index contributed by atoms with van der Waals surface area (Å²) in [6.07, 6.45) is 3.93. The molecule has 1 aromatic carbocycles. The van der Waals surface area contributed by atoms with Gasteiger partial charge in [-0.25, -0.2) is 0 Å². The minimum Gasteiger partial charge on any atom is -0.486 e. The second-order valence-electron chi connectivity index (χ2n) is 6.48. The highest BCUT2D eigenvalue weighted by molar-refractivity contribution is 5.44. The molecular weight excluding hydrogens is 264 g/mol. The van der Waals surface area contributed by atoms with Gasteiger partial charge in [0.05, 0.1) is 0 Å². The topological polar surface area (TPSA) is 33.7 Å². The van der Waals surface area contributed by atoms with E-state index in [-0.39, 0.29) is 0 Å². The van der Waals surface area contributed by atoms with Gasteiger partial charge in [0.1, 0.15) is 13.2 Å². The summed E-state index contributed by atoms with van der Waals surface area (Å²) in [6, 6.07) is 6.58. The number of likely N-dealkylation sites (N-methyl/N-ethyl adjacent to an activating group) is 1. The van der Waals surface area contributed by atoms with Crippen LogP contribution in [0.4, 0.5) is 0 Å². The zero-order chi connectivity index (χ0) is 14.9. The molecule has 1 fully saturated rings. The minimum atomic E-state index is 0.318. The molecule has 0 bridgehead atoms. The first kappa shape index (κ1) is 14.7. The molecule has 0 radical (unpaired) electrons. The Morgan fingerprint density at radius 3 is 2.52 bits per heavy atom. The van der Waals surface area contributed by atoms with Gasteiger partial charge < -0.3 is 19.7 Å². The lowest BCUT2D eigenvalue weighted by atomic mass is 9.75. The fraction of sp³-hybridized carbons (Fsp3) is 0.647. The molecule has 4 heteroatoms. The summed E-state index contributed by atoms with van der Waals surface area (Å²) in [7, 11) is 4.38. The quantitative estimate of drug-likeness (QED) is 0.904. The third kappa shape index (κ3) is 2.87. The van der Waals surface area contributed by atoms with Gasteiger partial charge in [0.15, 0.2) is 11.5 Å². The summed E-state index contributed by atoms with van der Waals surface area (Å²) in [4.78, 5) is 2.38. The second kappa shape index (κ2) is 5.85. The van der Waals surface area contributed by atoms with Crippen LogP contribution in [0.15, 0.2) is 18.2 Å². The normalized spacial score (nSPS) is 21.0. The zero-order valence-electron chi connectivity index (χ0n) is 13.3. The summed E-state index contributed by atoms with van der Waals surface area (Å²) in [5.74, 6) is 1.74. The molecule has 4 nitrogen and oxygen atoms in total. The Kier molecular flexibility index (Phi) is 4.09. The lowest BCUT2D eigenvalue weighted by Crippen LogP contribution is -2.56. The highest BCUT2D eigenvalue weighted by Gasteiger charge is 2.38. The highest BCUT2D eigenvalue weighted by Crippen LogP contribution is 2.36. The number of ether oxygens (including phenoxy) is 2. The van der Waals surface area contributed by atoms with E-state index in [9.17, 15) is 0 Å². The summed E-state index contributed by atoms with van der Waals surface area (Å²) in [5.41, 5.74) is 1.61. The van der Waals surface area contributed by atoms with E-state index in [0.29, 0.717) is 24.8 Å². The van der Waals surface area contributed by atoms with E-state index in [1.165, 1.54) is 24.8 Å². The van der Waals surface area contributed by atoms with Crippen molar-refractivity contribution in [3.8, 4) is 11.5 Å². The van der Waals surface area contributed by atoms with E-state index in [0.717, 1.165) is 18.0 Å². The Labute approximate surface area is 127 Å². The SMILES string of the molecule is CC(NCC1(N(C)C)CCC1)c1ccc2c(c1)OCCO2. The van der Waals surface area contributed by atoms with Crippen molar-refractivity contribution in [1.29, 1.82) is 0 Å². The summed E-state index contributed by atoms with van der Waals surface area (Å²) < 4.78 is 11.2. The number of fused-ring (bicyclic) bond motifs is 1. The monoisotopic (exact) mass is 290 g/mol. The van der Waals surface area contributed by atoms with E-state index >= 15 is 0 Å². The molecule has 21 heavy (non-hydrogen) atoms. The molecule has 0 saturated heterocycles. The summed E-state index contributed by atoms with van der Waals surface area (Å²) >= 11 is 0. The predicted octanol–water partition coefficient (Wildman–Crippen LogP) is 2.59. The molecule has 1 atom stereocenters. The lowest BCUT2D eigenvalue weighted by Gasteiger charge is -2.48. The van der Waals surface area contributed by atoms with Crippen molar-refractivity contribution in [3.05, 3.63) is 23.8 Å². The first-order valence-electron chi connectivity index (χ1n) is 7.91. The smallest absolute Gasteiger partial charge is 0.161 e. The maximum atomic E-state index is 5.67. The van der Waals surface area contributed by atoms with E-state index < -0.39 is 0 Å². The molecule has 0 spiro atoms. The molecule has 1 aliphatic heterocycles. The molecule has 0 amide bonds. The molecule has 1 unspecified atom stereocenters. The van der Waals surface area contributed by atoms with Gasteiger partial charge in [0.2, 0.25) is 0 Å². The Hall–Kier alpha value is -1.26. The van der Waals surface area contributed by atoms with Gasteiger partial charge in [-0.15, -0.1) is 0 Å². The van der Waals surface area contributed by atoms with Crippen LogP contribution in [0, 0.1) is 0 Å². The van der Waals surface area contributed by atoms with Crippen LogP contribution in [0.1, 0.15) is 37.8 Å². The number of hydrogen-bond donors (Lipinski definition) is 1. The van der Waals surface area contributed by atoms with Crippen molar-refractivity contribution in [2.75, 3.05) is 33.9 Å². The number of nitrogens with one attached hydrogen (secondary N) is 1. The van der Waals surface area contributed by atoms with Gasteiger partial charge in [-0.3, -0.25) is 0 Å². The third-order valence-corrected chi connectivity index (χ3v) is 5.04. The number of nitrogens with zero attached hydrogens (tertiary/aromatic N) is 1. The number of benzene rings is 1. The van der Waals surface area contributed by atoms with Crippen LogP contribution in [0.5, 0.6) is 11.5 Å². The van der Waals surface area contributed by atoms with Crippen LogP contribution in [-0.4, -0.2) is 44.3 Å². The van der Waals surface area contributed by atoms with Crippen LogP contribution in [0.25, 0.3) is 0 Å². The van der Waals surface area contributed by atoms with Crippen molar-refractivity contribution in [2.24, 2.45) is 0 Å². The first-order chi connectivity index (χ1) is 10.1. The van der Waals surface area contributed by atoms with Gasteiger partial charge in [0, 0.05) is 18.1 Å². The average molecular weight is 290 g/mol. The maximum Gasteiger partial charge on any atom is 0.161 e. The zero-order valence-corrected chi connectivity index (χ0v) is 13.3. The molecule has 1 N–H and O–H groups in total. The number of hydrogen-bond acceptors (Lipinski definition) is 4. The standard InChI is InChI=1S/C17H26N2O2/c1-13(18-12-17(19(2)3)7-4-8-17)14-5-6-15-16(11-14)21-10-9-20-15/h5-6,11,13,18H,4,7-10,12H2,1-3H3.